The van der Waals surface area contributed by atoms with Crippen LogP contribution in [0.4, 0.5) is 17.8 Å². The zero-order valence-corrected chi connectivity index (χ0v) is 12.1. The van der Waals surface area contributed by atoms with Crippen LogP contribution in [0.15, 0.2) is 0 Å². The molecule has 1 aromatic heterocycles. The molecule has 1 atom stereocenters. The maximum atomic E-state index is 5.22. The summed E-state index contributed by atoms with van der Waals surface area (Å²) in [5, 5.41) is 2.98. The van der Waals surface area contributed by atoms with Crippen molar-refractivity contribution in [2.45, 2.75) is 6.42 Å². The predicted octanol–water partition coefficient (Wildman–Crippen LogP) is 0.452. The van der Waals surface area contributed by atoms with Gasteiger partial charge in [0, 0.05) is 47.3 Å². The highest BCUT2D eigenvalue weighted by atomic mass is 16.5. The topological polar surface area (TPSA) is 66.4 Å². The van der Waals surface area contributed by atoms with Crippen LogP contribution in [0.3, 0.4) is 0 Å². The number of anilines is 3. The molecule has 0 bridgehead atoms. The molecule has 1 unspecified atom stereocenters. The van der Waals surface area contributed by atoms with Crippen molar-refractivity contribution in [1.82, 2.24) is 15.0 Å². The van der Waals surface area contributed by atoms with E-state index in [-0.39, 0.29) is 0 Å². The third-order valence-corrected chi connectivity index (χ3v) is 3.21. The first-order valence-corrected chi connectivity index (χ1v) is 6.49. The van der Waals surface area contributed by atoms with E-state index < -0.39 is 0 Å². The lowest BCUT2D eigenvalue weighted by atomic mass is 10.1. The Morgan fingerprint density at radius 1 is 1.37 bits per heavy atom. The Morgan fingerprint density at radius 3 is 2.79 bits per heavy atom. The van der Waals surface area contributed by atoms with Crippen molar-refractivity contribution in [2.75, 3.05) is 63.1 Å². The molecule has 0 aliphatic carbocycles. The molecule has 2 heterocycles. The van der Waals surface area contributed by atoms with E-state index in [0.717, 1.165) is 32.1 Å². The highest BCUT2D eigenvalue weighted by Crippen LogP contribution is 2.23. The minimum absolute atomic E-state index is 0.558. The van der Waals surface area contributed by atoms with Crippen LogP contribution in [0.5, 0.6) is 0 Å². The van der Waals surface area contributed by atoms with Gasteiger partial charge < -0.3 is 19.9 Å². The van der Waals surface area contributed by atoms with Crippen molar-refractivity contribution in [2.24, 2.45) is 5.92 Å². The molecule has 7 heteroatoms. The summed E-state index contributed by atoms with van der Waals surface area (Å²) in [6.45, 7) is 2.70. The minimum atomic E-state index is 0.558. The van der Waals surface area contributed by atoms with Gasteiger partial charge in [-0.2, -0.15) is 15.0 Å². The third kappa shape index (κ3) is 3.23. The molecular weight excluding hydrogens is 244 g/mol. The van der Waals surface area contributed by atoms with E-state index >= 15 is 0 Å². The minimum Gasteiger partial charge on any atom is -0.384 e. The summed E-state index contributed by atoms with van der Waals surface area (Å²) in [6, 6.07) is 0. The van der Waals surface area contributed by atoms with Gasteiger partial charge in [-0.1, -0.05) is 0 Å². The smallest absolute Gasteiger partial charge is 0.231 e. The van der Waals surface area contributed by atoms with Gasteiger partial charge in [0.2, 0.25) is 17.8 Å². The maximum Gasteiger partial charge on any atom is 0.231 e. The third-order valence-electron chi connectivity index (χ3n) is 3.21. The number of nitrogens with one attached hydrogen (secondary N) is 1. The molecule has 1 aliphatic heterocycles. The van der Waals surface area contributed by atoms with Crippen LogP contribution in [0.1, 0.15) is 6.42 Å². The van der Waals surface area contributed by atoms with Gasteiger partial charge in [-0.05, 0) is 6.42 Å². The maximum absolute atomic E-state index is 5.22. The van der Waals surface area contributed by atoms with E-state index in [9.17, 15) is 0 Å². The van der Waals surface area contributed by atoms with Crippen molar-refractivity contribution in [3.05, 3.63) is 0 Å². The number of hydrogen-bond acceptors (Lipinski definition) is 7. The van der Waals surface area contributed by atoms with E-state index in [1.165, 1.54) is 0 Å². The molecule has 0 radical (unpaired) electrons. The largest absolute Gasteiger partial charge is 0.384 e. The normalized spacial score (nSPS) is 18.7. The zero-order valence-electron chi connectivity index (χ0n) is 12.1. The van der Waals surface area contributed by atoms with Gasteiger partial charge in [-0.25, -0.2) is 0 Å². The highest BCUT2D eigenvalue weighted by molar-refractivity contribution is 5.44. The molecule has 19 heavy (non-hydrogen) atoms. The van der Waals surface area contributed by atoms with E-state index in [0.29, 0.717) is 17.8 Å². The molecule has 106 valence electrons. The van der Waals surface area contributed by atoms with Gasteiger partial charge in [0.1, 0.15) is 0 Å². The second kappa shape index (κ2) is 6.01. The molecule has 1 aliphatic rings. The summed E-state index contributed by atoms with van der Waals surface area (Å²) in [5.41, 5.74) is 0. The van der Waals surface area contributed by atoms with Crippen LogP contribution in [-0.2, 0) is 4.74 Å². The fourth-order valence-corrected chi connectivity index (χ4v) is 2.19. The van der Waals surface area contributed by atoms with Gasteiger partial charge in [0.05, 0.1) is 6.61 Å². The van der Waals surface area contributed by atoms with Crippen LogP contribution in [0.25, 0.3) is 0 Å². The Labute approximate surface area is 114 Å². The number of aromatic nitrogens is 3. The molecule has 0 spiro atoms. The van der Waals surface area contributed by atoms with Crippen molar-refractivity contribution >= 4 is 17.8 Å². The summed E-state index contributed by atoms with van der Waals surface area (Å²) >= 11 is 0. The van der Waals surface area contributed by atoms with Gasteiger partial charge >= 0.3 is 0 Å². The van der Waals surface area contributed by atoms with E-state index in [1.807, 2.05) is 26.0 Å². The SMILES string of the molecule is CNc1nc(N(C)C)nc(N2CCC(COC)C2)n1. The molecule has 0 saturated carbocycles. The monoisotopic (exact) mass is 266 g/mol. The number of nitrogens with zero attached hydrogens (tertiary/aromatic N) is 5. The Morgan fingerprint density at radius 2 is 2.16 bits per heavy atom. The Kier molecular flexibility index (Phi) is 4.36. The molecule has 0 aromatic carbocycles. The lowest BCUT2D eigenvalue weighted by Crippen LogP contribution is -2.25. The number of hydrogen-bond donors (Lipinski definition) is 1. The second-order valence-corrected chi connectivity index (χ2v) is 4.96. The average Bonchev–Trinajstić information content (AvgIpc) is 2.87. The number of rotatable bonds is 5. The quantitative estimate of drug-likeness (QED) is 0.830. The molecule has 1 aromatic rings. The summed E-state index contributed by atoms with van der Waals surface area (Å²) in [7, 11) is 7.41. The zero-order chi connectivity index (χ0) is 13.8. The van der Waals surface area contributed by atoms with Crippen LogP contribution in [0.2, 0.25) is 0 Å². The van der Waals surface area contributed by atoms with Crippen molar-refractivity contribution in [1.29, 1.82) is 0 Å². The van der Waals surface area contributed by atoms with Crippen molar-refractivity contribution in [3.8, 4) is 0 Å². The highest BCUT2D eigenvalue weighted by Gasteiger charge is 2.25. The first kappa shape index (κ1) is 13.8. The van der Waals surface area contributed by atoms with Gasteiger partial charge in [0.15, 0.2) is 0 Å². The summed E-state index contributed by atoms with van der Waals surface area (Å²) < 4.78 is 5.22. The Bertz CT molecular complexity index is 425. The van der Waals surface area contributed by atoms with E-state index in [4.69, 9.17) is 4.74 Å². The molecule has 0 amide bonds. The number of methoxy groups -OCH3 is 1. The Hall–Kier alpha value is -1.63. The molecular formula is C12H22N6O. The van der Waals surface area contributed by atoms with Gasteiger partial charge in [-0.3, -0.25) is 0 Å². The second-order valence-electron chi connectivity index (χ2n) is 4.96. The van der Waals surface area contributed by atoms with Crippen LogP contribution >= 0.6 is 0 Å². The molecule has 1 saturated heterocycles. The first-order valence-electron chi connectivity index (χ1n) is 6.49. The lowest BCUT2D eigenvalue weighted by molar-refractivity contribution is 0.161. The van der Waals surface area contributed by atoms with Gasteiger partial charge in [0.25, 0.3) is 0 Å². The molecule has 1 fully saturated rings. The fraction of sp³-hybridized carbons (Fsp3) is 0.750. The average molecular weight is 266 g/mol. The van der Waals surface area contributed by atoms with Crippen LogP contribution in [0, 0.1) is 5.92 Å². The molecule has 2 rings (SSSR count). The Balaban J connectivity index is 2.17. The lowest BCUT2D eigenvalue weighted by Gasteiger charge is -2.19. The summed E-state index contributed by atoms with van der Waals surface area (Å²) in [6.07, 6.45) is 1.12. The summed E-state index contributed by atoms with van der Waals surface area (Å²) in [4.78, 5) is 17.3. The molecule has 7 nitrogen and oxygen atoms in total. The summed E-state index contributed by atoms with van der Waals surface area (Å²) in [5.74, 6) is 2.57. The molecule has 1 N–H and O–H groups in total. The van der Waals surface area contributed by atoms with Crippen LogP contribution < -0.4 is 15.1 Å². The van der Waals surface area contributed by atoms with Crippen molar-refractivity contribution < 1.29 is 4.74 Å². The fourth-order valence-electron chi connectivity index (χ4n) is 2.19. The van der Waals surface area contributed by atoms with Gasteiger partial charge in [-0.15, -0.1) is 0 Å². The standard InChI is InChI=1S/C12H22N6O/c1-13-10-14-11(17(2)3)16-12(15-10)18-6-5-9(7-18)8-19-4/h9H,5-8H2,1-4H3,(H,13,14,15,16). The van der Waals surface area contributed by atoms with E-state index in [2.05, 4.69) is 25.2 Å². The first-order chi connectivity index (χ1) is 9.13. The predicted molar refractivity (Wildman–Crippen MR) is 75.9 cm³/mol. The van der Waals surface area contributed by atoms with Crippen LogP contribution in [-0.4, -0.2) is 62.9 Å². The van der Waals surface area contributed by atoms with E-state index in [1.54, 1.807) is 7.11 Å². The number of ether oxygens (including phenoxy) is 1. The van der Waals surface area contributed by atoms with Crippen molar-refractivity contribution in [3.63, 3.8) is 0 Å².